The lowest BCUT2D eigenvalue weighted by Crippen LogP contribution is -2.17. The normalized spacial score (nSPS) is 13.2. The van der Waals surface area contributed by atoms with E-state index < -0.39 is 0 Å². The summed E-state index contributed by atoms with van der Waals surface area (Å²) in [6.07, 6.45) is 1.68. The van der Waals surface area contributed by atoms with Crippen molar-refractivity contribution in [1.29, 1.82) is 0 Å². The Bertz CT molecular complexity index is 492. The van der Waals surface area contributed by atoms with Crippen LogP contribution >= 0.6 is 34.3 Å². The molecule has 6 heteroatoms. The van der Waals surface area contributed by atoms with Gasteiger partial charge in [-0.15, -0.1) is 22.7 Å². The van der Waals surface area contributed by atoms with Gasteiger partial charge in [0.1, 0.15) is 20.4 Å². The van der Waals surface area contributed by atoms with Gasteiger partial charge in [0.2, 0.25) is 0 Å². The predicted octanol–water partition coefficient (Wildman–Crippen LogP) is 3.69. The van der Waals surface area contributed by atoms with E-state index >= 15 is 0 Å². The molecule has 0 spiro atoms. The van der Waals surface area contributed by atoms with Crippen molar-refractivity contribution in [1.82, 2.24) is 15.3 Å². The van der Waals surface area contributed by atoms with Crippen molar-refractivity contribution >= 4 is 34.3 Å². The number of halogens is 1. The van der Waals surface area contributed by atoms with Crippen molar-refractivity contribution in [2.45, 2.75) is 25.8 Å². The van der Waals surface area contributed by atoms with Crippen molar-refractivity contribution in [2.75, 3.05) is 7.05 Å². The second-order valence-corrected chi connectivity index (χ2v) is 6.57. The van der Waals surface area contributed by atoms with E-state index in [-0.39, 0.29) is 6.04 Å². The van der Waals surface area contributed by atoms with E-state index in [0.717, 1.165) is 15.7 Å². The molecule has 2 aromatic heterocycles. The Balaban J connectivity index is 2.28. The highest BCUT2D eigenvalue weighted by molar-refractivity contribution is 7.16. The first-order valence-electron chi connectivity index (χ1n) is 5.35. The monoisotopic (exact) mass is 287 g/mol. The summed E-state index contributed by atoms with van der Waals surface area (Å²) in [5.41, 5.74) is 1.13. The standard InChI is InChI=1S/C11H14ClN3S2/c1-6(2)7-5-16-11(15-7)9(13-3)10-14-4-8(12)17-10/h4-6,9,13H,1-3H3. The molecule has 0 aliphatic carbocycles. The van der Waals surface area contributed by atoms with Crippen LogP contribution in [0.5, 0.6) is 0 Å². The molecule has 17 heavy (non-hydrogen) atoms. The summed E-state index contributed by atoms with van der Waals surface area (Å²) in [5, 5.41) is 7.35. The summed E-state index contributed by atoms with van der Waals surface area (Å²) in [4.78, 5) is 8.95. The van der Waals surface area contributed by atoms with Crippen molar-refractivity contribution in [2.24, 2.45) is 0 Å². The Morgan fingerprint density at radius 2 is 2.12 bits per heavy atom. The average molecular weight is 288 g/mol. The quantitative estimate of drug-likeness (QED) is 0.932. The third-order valence-electron chi connectivity index (χ3n) is 2.41. The Hall–Kier alpha value is -0.490. The number of thiazole rings is 2. The van der Waals surface area contributed by atoms with Gasteiger partial charge in [-0.05, 0) is 13.0 Å². The molecule has 0 saturated carbocycles. The minimum Gasteiger partial charge on any atom is -0.305 e. The zero-order chi connectivity index (χ0) is 12.4. The molecule has 3 nitrogen and oxygen atoms in total. The zero-order valence-corrected chi connectivity index (χ0v) is 12.3. The molecule has 0 saturated heterocycles. The Labute approximate surface area is 114 Å². The van der Waals surface area contributed by atoms with Crippen LogP contribution in [0.3, 0.4) is 0 Å². The summed E-state index contributed by atoms with van der Waals surface area (Å²) in [6, 6.07) is 0.0463. The number of nitrogens with zero attached hydrogens (tertiary/aromatic N) is 2. The fourth-order valence-corrected chi connectivity index (χ4v) is 3.66. The summed E-state index contributed by atoms with van der Waals surface area (Å²) in [7, 11) is 1.91. The van der Waals surface area contributed by atoms with Gasteiger partial charge in [-0.25, -0.2) is 9.97 Å². The van der Waals surface area contributed by atoms with E-state index in [4.69, 9.17) is 11.6 Å². The van der Waals surface area contributed by atoms with Crippen LogP contribution in [0.25, 0.3) is 0 Å². The molecule has 92 valence electrons. The van der Waals surface area contributed by atoms with E-state index in [0.29, 0.717) is 10.3 Å². The van der Waals surface area contributed by atoms with Crippen LogP contribution in [0.4, 0.5) is 0 Å². The van der Waals surface area contributed by atoms with Gasteiger partial charge < -0.3 is 5.32 Å². The molecule has 1 unspecified atom stereocenters. The maximum Gasteiger partial charge on any atom is 0.118 e. The van der Waals surface area contributed by atoms with Gasteiger partial charge in [-0.1, -0.05) is 25.4 Å². The van der Waals surface area contributed by atoms with Crippen LogP contribution in [-0.2, 0) is 0 Å². The van der Waals surface area contributed by atoms with Crippen molar-refractivity contribution in [3.8, 4) is 0 Å². The molecular formula is C11H14ClN3S2. The largest absolute Gasteiger partial charge is 0.305 e. The first-order chi connectivity index (χ1) is 8.11. The van der Waals surface area contributed by atoms with Gasteiger partial charge in [0.25, 0.3) is 0 Å². The molecule has 0 radical (unpaired) electrons. The molecule has 1 atom stereocenters. The van der Waals surface area contributed by atoms with E-state index in [2.05, 4.69) is 34.5 Å². The third kappa shape index (κ3) is 2.85. The van der Waals surface area contributed by atoms with Crippen LogP contribution in [-0.4, -0.2) is 17.0 Å². The molecule has 2 heterocycles. The first-order valence-corrected chi connectivity index (χ1v) is 7.43. The highest BCUT2D eigenvalue weighted by atomic mass is 35.5. The van der Waals surface area contributed by atoms with Crippen molar-refractivity contribution < 1.29 is 0 Å². The molecule has 0 aliphatic heterocycles. The molecule has 0 aliphatic rings. The van der Waals surface area contributed by atoms with Crippen LogP contribution in [0.1, 0.15) is 41.5 Å². The molecule has 0 amide bonds. The molecule has 1 N–H and O–H groups in total. The van der Waals surface area contributed by atoms with Gasteiger partial charge in [0.05, 0.1) is 11.9 Å². The lowest BCUT2D eigenvalue weighted by Gasteiger charge is -2.09. The van der Waals surface area contributed by atoms with Gasteiger partial charge in [0.15, 0.2) is 0 Å². The number of hydrogen-bond acceptors (Lipinski definition) is 5. The smallest absolute Gasteiger partial charge is 0.118 e. The van der Waals surface area contributed by atoms with E-state index in [1.54, 1.807) is 17.5 Å². The molecular weight excluding hydrogens is 274 g/mol. The van der Waals surface area contributed by atoms with Crippen LogP contribution < -0.4 is 5.32 Å². The summed E-state index contributed by atoms with van der Waals surface area (Å²) in [6.45, 7) is 4.29. The lowest BCUT2D eigenvalue weighted by atomic mass is 10.2. The topological polar surface area (TPSA) is 37.8 Å². The summed E-state index contributed by atoms with van der Waals surface area (Å²) < 4.78 is 0.709. The molecule has 2 aromatic rings. The van der Waals surface area contributed by atoms with Gasteiger partial charge in [-0.3, -0.25) is 0 Å². The molecule has 0 fully saturated rings. The number of rotatable bonds is 4. The summed E-state index contributed by atoms with van der Waals surface area (Å²) in [5.74, 6) is 0.456. The van der Waals surface area contributed by atoms with Crippen molar-refractivity contribution in [3.05, 3.63) is 31.6 Å². The molecule has 0 aromatic carbocycles. The SMILES string of the molecule is CNC(c1nc(C(C)C)cs1)c1ncc(Cl)s1. The Morgan fingerprint density at radius 3 is 2.59 bits per heavy atom. The molecule has 2 rings (SSSR count). The average Bonchev–Trinajstić information content (AvgIpc) is 2.89. The number of hydrogen-bond donors (Lipinski definition) is 1. The molecule has 0 bridgehead atoms. The maximum absolute atomic E-state index is 5.92. The fraction of sp³-hybridized carbons (Fsp3) is 0.455. The van der Waals surface area contributed by atoms with Crippen LogP contribution in [0.15, 0.2) is 11.6 Å². The van der Waals surface area contributed by atoms with E-state index in [1.807, 2.05) is 7.05 Å². The fourth-order valence-electron chi connectivity index (χ4n) is 1.45. The Kier molecular flexibility index (Phi) is 4.14. The summed E-state index contributed by atoms with van der Waals surface area (Å²) >= 11 is 9.07. The minimum atomic E-state index is 0.0463. The van der Waals surface area contributed by atoms with E-state index in [1.165, 1.54) is 11.3 Å². The predicted molar refractivity (Wildman–Crippen MR) is 74.2 cm³/mol. The van der Waals surface area contributed by atoms with Crippen molar-refractivity contribution in [3.63, 3.8) is 0 Å². The number of aromatic nitrogens is 2. The first kappa shape index (κ1) is 13.0. The van der Waals surface area contributed by atoms with E-state index in [9.17, 15) is 0 Å². The lowest BCUT2D eigenvalue weighted by molar-refractivity contribution is 0.674. The Morgan fingerprint density at radius 1 is 1.35 bits per heavy atom. The second kappa shape index (κ2) is 5.44. The highest BCUT2D eigenvalue weighted by Gasteiger charge is 2.19. The maximum atomic E-state index is 5.92. The number of nitrogens with one attached hydrogen (secondary N) is 1. The van der Waals surface area contributed by atoms with Gasteiger partial charge in [0, 0.05) is 5.38 Å². The van der Waals surface area contributed by atoms with Gasteiger partial charge in [-0.2, -0.15) is 0 Å². The van der Waals surface area contributed by atoms with Gasteiger partial charge >= 0.3 is 0 Å². The zero-order valence-electron chi connectivity index (χ0n) is 9.90. The highest BCUT2D eigenvalue weighted by Crippen LogP contribution is 2.31. The second-order valence-electron chi connectivity index (χ2n) is 3.99. The van der Waals surface area contributed by atoms with Crippen LogP contribution in [0, 0.1) is 0 Å². The third-order valence-corrected chi connectivity index (χ3v) is 4.52. The van der Waals surface area contributed by atoms with Crippen LogP contribution in [0.2, 0.25) is 4.34 Å². The minimum absolute atomic E-state index is 0.0463.